The predicted molar refractivity (Wildman–Crippen MR) is 113 cm³/mol. The molecule has 0 saturated heterocycles. The van der Waals surface area contributed by atoms with Gasteiger partial charge in [0.15, 0.2) is 0 Å². The van der Waals surface area contributed by atoms with Gasteiger partial charge in [0.05, 0.1) is 20.3 Å². The van der Waals surface area contributed by atoms with Crippen LogP contribution in [-0.2, 0) is 0 Å². The summed E-state index contributed by atoms with van der Waals surface area (Å²) in [7, 11) is 1.66. The van der Waals surface area contributed by atoms with E-state index >= 15 is 0 Å². The molecule has 0 aliphatic carbocycles. The molecule has 0 amide bonds. The van der Waals surface area contributed by atoms with Crippen molar-refractivity contribution in [3.63, 3.8) is 0 Å². The molecule has 2 rings (SSSR count). The molecule has 0 spiro atoms. The molecule has 0 heterocycles. The zero-order valence-corrected chi connectivity index (χ0v) is 18.0. The second kappa shape index (κ2) is 14.8. The molecule has 0 radical (unpaired) electrons. The minimum Gasteiger partial charge on any atom is -0.508 e. The standard InChI is InChI=1S/C19H24O4.2C2H6/c1-14-12-16(20)6-8-18(14)22-10-4-5-11-23-19-9-7-17(21-3)13-15(19)2;2*1-2/h6-9,12-13,20H,4-5,10-11H2,1-3H3;2*1-2H3. The van der Waals surface area contributed by atoms with Crippen LogP contribution >= 0.6 is 0 Å². The van der Waals surface area contributed by atoms with Crippen molar-refractivity contribution in [1.82, 2.24) is 0 Å². The van der Waals surface area contributed by atoms with Crippen molar-refractivity contribution in [2.75, 3.05) is 20.3 Å². The van der Waals surface area contributed by atoms with Gasteiger partial charge < -0.3 is 19.3 Å². The Morgan fingerprint density at radius 2 is 1.22 bits per heavy atom. The van der Waals surface area contributed by atoms with Gasteiger partial charge in [-0.2, -0.15) is 0 Å². The van der Waals surface area contributed by atoms with Gasteiger partial charge in [0.1, 0.15) is 23.0 Å². The third-order valence-electron chi connectivity index (χ3n) is 3.59. The third kappa shape index (κ3) is 9.23. The van der Waals surface area contributed by atoms with E-state index < -0.39 is 0 Å². The lowest BCUT2D eigenvalue weighted by Crippen LogP contribution is -2.04. The molecular weight excluding hydrogens is 340 g/mol. The number of hydrogen-bond acceptors (Lipinski definition) is 4. The van der Waals surface area contributed by atoms with Gasteiger partial charge in [-0.3, -0.25) is 0 Å². The Morgan fingerprint density at radius 1 is 0.741 bits per heavy atom. The molecule has 2 aromatic rings. The van der Waals surface area contributed by atoms with Crippen LogP contribution in [0.2, 0.25) is 0 Å². The van der Waals surface area contributed by atoms with Crippen LogP contribution in [0.15, 0.2) is 36.4 Å². The number of aromatic hydroxyl groups is 1. The van der Waals surface area contributed by atoms with E-state index in [0.717, 1.165) is 41.2 Å². The number of hydrogen-bond donors (Lipinski definition) is 1. The molecule has 0 aromatic heterocycles. The van der Waals surface area contributed by atoms with Crippen molar-refractivity contribution in [1.29, 1.82) is 0 Å². The number of rotatable bonds is 8. The van der Waals surface area contributed by atoms with Crippen LogP contribution in [-0.4, -0.2) is 25.4 Å². The molecular formula is C23H36O4. The number of benzene rings is 2. The van der Waals surface area contributed by atoms with Crippen LogP contribution in [0.4, 0.5) is 0 Å². The first-order chi connectivity index (χ1) is 13.1. The van der Waals surface area contributed by atoms with Gasteiger partial charge in [-0.05, 0) is 74.2 Å². The van der Waals surface area contributed by atoms with Crippen molar-refractivity contribution in [3.8, 4) is 23.0 Å². The maximum absolute atomic E-state index is 9.36. The summed E-state index contributed by atoms with van der Waals surface area (Å²) in [4.78, 5) is 0. The normalized spacial score (nSPS) is 9.30. The van der Waals surface area contributed by atoms with E-state index in [1.165, 1.54) is 0 Å². The molecule has 0 fully saturated rings. The fourth-order valence-electron chi connectivity index (χ4n) is 2.27. The number of unbranched alkanes of at least 4 members (excludes halogenated alkanes) is 1. The Hall–Kier alpha value is -2.36. The molecule has 27 heavy (non-hydrogen) atoms. The summed E-state index contributed by atoms with van der Waals surface area (Å²) in [6.07, 6.45) is 1.83. The fraction of sp³-hybridized carbons (Fsp3) is 0.478. The summed E-state index contributed by atoms with van der Waals surface area (Å²) in [5.41, 5.74) is 2.01. The average Bonchev–Trinajstić information content (AvgIpc) is 2.70. The Morgan fingerprint density at radius 3 is 1.67 bits per heavy atom. The smallest absolute Gasteiger partial charge is 0.122 e. The van der Waals surface area contributed by atoms with E-state index in [4.69, 9.17) is 14.2 Å². The van der Waals surface area contributed by atoms with Gasteiger partial charge in [-0.15, -0.1) is 0 Å². The lowest BCUT2D eigenvalue weighted by Gasteiger charge is -2.11. The number of aryl methyl sites for hydroxylation is 2. The van der Waals surface area contributed by atoms with Crippen LogP contribution in [0.25, 0.3) is 0 Å². The topological polar surface area (TPSA) is 47.9 Å². The molecule has 0 aliphatic rings. The first-order valence-corrected chi connectivity index (χ1v) is 9.80. The Bertz CT molecular complexity index is 638. The lowest BCUT2D eigenvalue weighted by molar-refractivity contribution is 0.264. The molecule has 0 aliphatic heterocycles. The van der Waals surface area contributed by atoms with Crippen LogP contribution in [0.5, 0.6) is 23.0 Å². The summed E-state index contributed by atoms with van der Waals surface area (Å²) in [6.45, 7) is 13.2. The number of phenols is 1. The van der Waals surface area contributed by atoms with Crippen LogP contribution in [0.1, 0.15) is 51.7 Å². The fourth-order valence-corrected chi connectivity index (χ4v) is 2.27. The molecule has 4 heteroatoms. The summed E-state index contributed by atoms with van der Waals surface area (Å²) < 4.78 is 16.7. The molecule has 2 aromatic carbocycles. The molecule has 4 nitrogen and oxygen atoms in total. The van der Waals surface area contributed by atoms with Crippen LogP contribution in [0, 0.1) is 13.8 Å². The van der Waals surface area contributed by atoms with E-state index in [-0.39, 0.29) is 5.75 Å². The molecule has 152 valence electrons. The third-order valence-corrected chi connectivity index (χ3v) is 3.59. The second-order valence-corrected chi connectivity index (χ2v) is 5.49. The highest BCUT2D eigenvalue weighted by Gasteiger charge is 2.03. The van der Waals surface area contributed by atoms with E-state index in [2.05, 4.69) is 0 Å². The monoisotopic (exact) mass is 376 g/mol. The van der Waals surface area contributed by atoms with Gasteiger partial charge in [0.25, 0.3) is 0 Å². The predicted octanol–water partition coefficient (Wildman–Crippen LogP) is 6.31. The van der Waals surface area contributed by atoms with Crippen molar-refractivity contribution < 1.29 is 19.3 Å². The zero-order chi connectivity index (χ0) is 20.7. The van der Waals surface area contributed by atoms with E-state index in [0.29, 0.717) is 13.2 Å². The van der Waals surface area contributed by atoms with Crippen LogP contribution in [0.3, 0.4) is 0 Å². The van der Waals surface area contributed by atoms with Crippen molar-refractivity contribution in [2.45, 2.75) is 54.4 Å². The van der Waals surface area contributed by atoms with E-state index in [1.807, 2.05) is 59.7 Å². The van der Waals surface area contributed by atoms with Gasteiger partial charge >= 0.3 is 0 Å². The Kier molecular flexibility index (Phi) is 13.5. The molecule has 0 bridgehead atoms. The first-order valence-electron chi connectivity index (χ1n) is 9.80. The van der Waals surface area contributed by atoms with Crippen molar-refractivity contribution in [2.24, 2.45) is 0 Å². The second-order valence-electron chi connectivity index (χ2n) is 5.49. The first kappa shape index (κ1) is 24.6. The minimum atomic E-state index is 0.262. The highest BCUT2D eigenvalue weighted by Crippen LogP contribution is 2.24. The summed E-state index contributed by atoms with van der Waals surface area (Å²) in [5, 5.41) is 9.36. The summed E-state index contributed by atoms with van der Waals surface area (Å²) >= 11 is 0. The minimum absolute atomic E-state index is 0.262. The van der Waals surface area contributed by atoms with Crippen molar-refractivity contribution in [3.05, 3.63) is 47.5 Å². The maximum Gasteiger partial charge on any atom is 0.122 e. The SMILES string of the molecule is CC.CC.COc1ccc(OCCCCOc2ccc(O)cc2C)c(C)c1. The zero-order valence-electron chi connectivity index (χ0n) is 18.0. The average molecular weight is 377 g/mol. The van der Waals surface area contributed by atoms with E-state index in [9.17, 15) is 5.11 Å². The van der Waals surface area contributed by atoms with Crippen molar-refractivity contribution >= 4 is 0 Å². The highest BCUT2D eigenvalue weighted by molar-refractivity contribution is 5.39. The molecule has 0 saturated carbocycles. The molecule has 0 atom stereocenters. The Balaban J connectivity index is 0.00000158. The van der Waals surface area contributed by atoms with Gasteiger partial charge in [-0.25, -0.2) is 0 Å². The lowest BCUT2D eigenvalue weighted by atomic mass is 10.2. The Labute approximate surface area is 165 Å². The van der Waals surface area contributed by atoms with E-state index in [1.54, 1.807) is 25.3 Å². The largest absolute Gasteiger partial charge is 0.508 e. The summed E-state index contributed by atoms with van der Waals surface area (Å²) in [6, 6.07) is 10.9. The van der Waals surface area contributed by atoms with Crippen LogP contribution < -0.4 is 14.2 Å². The molecule has 1 N–H and O–H groups in total. The number of phenolic OH excluding ortho intramolecular Hbond substituents is 1. The molecule has 0 unspecified atom stereocenters. The number of methoxy groups -OCH3 is 1. The number of ether oxygens (including phenoxy) is 3. The van der Waals surface area contributed by atoms with Gasteiger partial charge in [-0.1, -0.05) is 27.7 Å². The summed E-state index contributed by atoms with van der Waals surface area (Å²) in [5.74, 6) is 2.81. The highest BCUT2D eigenvalue weighted by atomic mass is 16.5. The quantitative estimate of drug-likeness (QED) is 0.549. The van der Waals surface area contributed by atoms with Gasteiger partial charge in [0, 0.05) is 0 Å². The maximum atomic E-state index is 9.36. The van der Waals surface area contributed by atoms with Gasteiger partial charge in [0.2, 0.25) is 0 Å².